The van der Waals surface area contributed by atoms with Crippen LogP contribution in [0.3, 0.4) is 0 Å². The van der Waals surface area contributed by atoms with Crippen molar-refractivity contribution in [2.45, 2.75) is 6.92 Å². The van der Waals surface area contributed by atoms with Crippen LogP contribution in [0.2, 0.25) is 0 Å². The van der Waals surface area contributed by atoms with Crippen LogP contribution in [0.4, 0.5) is 0 Å². The molecule has 1 heterocycles. The normalized spacial score (nSPS) is 13.7. The van der Waals surface area contributed by atoms with Crippen LogP contribution in [0.15, 0.2) is 127 Å². The monoisotopic (exact) mass is 448 g/mol. The molecule has 6 aromatic carbocycles. The molecule has 160 valence electrons. The molecule has 0 aliphatic carbocycles. The summed E-state index contributed by atoms with van der Waals surface area (Å²) in [5.41, 5.74) is 4.20. The van der Waals surface area contributed by atoms with E-state index in [1.807, 2.05) is 0 Å². The molecular weight excluding hydrogens is 424 g/mol. The third-order valence-electron chi connectivity index (χ3n) is 7.64. The van der Waals surface area contributed by atoms with E-state index in [1.165, 1.54) is 59.0 Å². The van der Waals surface area contributed by atoms with E-state index < -0.39 is 8.07 Å². The Labute approximate surface area is 201 Å². The molecule has 1 aliphatic heterocycles. The van der Waals surface area contributed by atoms with Crippen LogP contribution in [0.1, 0.15) is 5.56 Å². The lowest BCUT2D eigenvalue weighted by atomic mass is 9.94. The predicted molar refractivity (Wildman–Crippen MR) is 149 cm³/mol. The quantitative estimate of drug-likeness (QED) is 0.299. The second-order valence-electron chi connectivity index (χ2n) is 9.35. The molecule has 0 spiro atoms. The molecule has 1 aliphatic rings. The highest BCUT2D eigenvalue weighted by Crippen LogP contribution is 2.38. The minimum absolute atomic E-state index is 1.31. The SMILES string of the molecule is Cc1cc2c(c3ccccc13)[Si](c1ccccc1)(c1ccccc1)c1ccc3ccccc3c1-2. The van der Waals surface area contributed by atoms with Crippen LogP contribution in [0, 0.1) is 6.92 Å². The van der Waals surface area contributed by atoms with E-state index in [2.05, 4.69) is 134 Å². The van der Waals surface area contributed by atoms with Gasteiger partial charge in [-0.1, -0.05) is 127 Å². The molecule has 0 aromatic heterocycles. The van der Waals surface area contributed by atoms with E-state index in [-0.39, 0.29) is 0 Å². The van der Waals surface area contributed by atoms with Gasteiger partial charge in [0, 0.05) is 0 Å². The summed E-state index contributed by atoms with van der Waals surface area (Å²) in [6, 6.07) is 47.7. The first-order chi connectivity index (χ1) is 16.8. The number of aryl methyl sites for hydroxylation is 1. The predicted octanol–water partition coefficient (Wildman–Crippen LogP) is 5.66. The first kappa shape index (κ1) is 19.5. The minimum Gasteiger partial charge on any atom is -0.0623 e. The van der Waals surface area contributed by atoms with E-state index in [1.54, 1.807) is 0 Å². The average Bonchev–Trinajstić information content (AvgIpc) is 3.21. The summed E-state index contributed by atoms with van der Waals surface area (Å²) in [6.07, 6.45) is 0. The molecule has 0 atom stereocenters. The number of hydrogen-bond donors (Lipinski definition) is 0. The molecule has 0 amide bonds. The van der Waals surface area contributed by atoms with E-state index in [9.17, 15) is 0 Å². The molecule has 7 rings (SSSR count). The van der Waals surface area contributed by atoms with Gasteiger partial charge in [0.2, 0.25) is 0 Å². The van der Waals surface area contributed by atoms with Gasteiger partial charge in [0.05, 0.1) is 0 Å². The van der Waals surface area contributed by atoms with Crippen LogP contribution in [0.25, 0.3) is 32.7 Å². The Morgan fingerprint density at radius 1 is 0.500 bits per heavy atom. The van der Waals surface area contributed by atoms with Gasteiger partial charge in [0.1, 0.15) is 0 Å². The third kappa shape index (κ3) is 2.48. The summed E-state index contributed by atoms with van der Waals surface area (Å²) in [7, 11) is -2.53. The van der Waals surface area contributed by atoms with Gasteiger partial charge in [-0.25, -0.2) is 0 Å². The summed E-state index contributed by atoms with van der Waals surface area (Å²) in [5, 5.41) is 11.4. The van der Waals surface area contributed by atoms with Crippen molar-refractivity contribution in [2.75, 3.05) is 0 Å². The topological polar surface area (TPSA) is 0 Å². The second-order valence-corrected chi connectivity index (χ2v) is 13.0. The van der Waals surface area contributed by atoms with Crippen molar-refractivity contribution in [1.29, 1.82) is 0 Å². The molecule has 34 heavy (non-hydrogen) atoms. The number of hydrogen-bond acceptors (Lipinski definition) is 0. The van der Waals surface area contributed by atoms with Crippen LogP contribution in [0.5, 0.6) is 0 Å². The van der Waals surface area contributed by atoms with Crippen LogP contribution < -0.4 is 20.7 Å². The molecule has 0 fully saturated rings. The molecule has 0 nitrogen and oxygen atoms in total. The number of benzene rings is 6. The fourth-order valence-corrected chi connectivity index (χ4v) is 11.7. The molecule has 0 radical (unpaired) electrons. The molecule has 0 unspecified atom stereocenters. The Balaban J connectivity index is 1.79. The van der Waals surface area contributed by atoms with Crippen LogP contribution in [-0.4, -0.2) is 8.07 Å². The maximum absolute atomic E-state index is 2.53. The van der Waals surface area contributed by atoms with E-state index in [0.717, 1.165) is 0 Å². The first-order valence-corrected chi connectivity index (χ1v) is 14.0. The van der Waals surface area contributed by atoms with Crippen molar-refractivity contribution in [2.24, 2.45) is 0 Å². The number of fused-ring (bicyclic) bond motifs is 7. The summed E-state index contributed by atoms with van der Waals surface area (Å²) >= 11 is 0. The maximum atomic E-state index is 2.46. The summed E-state index contributed by atoms with van der Waals surface area (Å²) < 4.78 is 0. The van der Waals surface area contributed by atoms with Gasteiger partial charge in [-0.05, 0) is 65.9 Å². The van der Waals surface area contributed by atoms with Crippen LogP contribution in [-0.2, 0) is 0 Å². The Bertz CT molecular complexity index is 1660. The van der Waals surface area contributed by atoms with Crippen molar-refractivity contribution < 1.29 is 0 Å². The Hall–Kier alpha value is -3.94. The van der Waals surface area contributed by atoms with Gasteiger partial charge in [-0.15, -0.1) is 0 Å². The highest BCUT2D eigenvalue weighted by Gasteiger charge is 2.50. The Morgan fingerprint density at radius 2 is 1.06 bits per heavy atom. The fourth-order valence-electron chi connectivity index (χ4n) is 6.31. The molecule has 0 saturated heterocycles. The largest absolute Gasteiger partial charge is 0.181 e. The van der Waals surface area contributed by atoms with Crippen molar-refractivity contribution in [1.82, 2.24) is 0 Å². The third-order valence-corrected chi connectivity index (χ3v) is 12.6. The lowest BCUT2D eigenvalue weighted by molar-refractivity contribution is 1.54. The van der Waals surface area contributed by atoms with E-state index >= 15 is 0 Å². The van der Waals surface area contributed by atoms with Crippen molar-refractivity contribution in [3.05, 3.63) is 133 Å². The Morgan fingerprint density at radius 3 is 1.74 bits per heavy atom. The second kappa shape index (κ2) is 7.28. The molecular formula is C33H24Si. The molecule has 0 saturated carbocycles. The first-order valence-electron chi connectivity index (χ1n) is 12.0. The highest BCUT2D eigenvalue weighted by atomic mass is 28.3. The average molecular weight is 449 g/mol. The standard InChI is InChI=1S/C33H24Si/c1-23-22-30-32-28-18-9-8-12-24(28)20-21-31(32)34(25-13-4-2-5-14-25,26-15-6-3-7-16-26)33(30)29-19-11-10-17-27(23)29/h2-22H,1H3. The van der Waals surface area contributed by atoms with Gasteiger partial charge in [-0.2, -0.15) is 0 Å². The van der Waals surface area contributed by atoms with Gasteiger partial charge in [0.25, 0.3) is 0 Å². The lowest BCUT2D eigenvalue weighted by Gasteiger charge is -2.32. The van der Waals surface area contributed by atoms with Crippen LogP contribution >= 0.6 is 0 Å². The van der Waals surface area contributed by atoms with E-state index in [4.69, 9.17) is 0 Å². The zero-order valence-electron chi connectivity index (χ0n) is 19.1. The zero-order chi connectivity index (χ0) is 22.7. The van der Waals surface area contributed by atoms with Gasteiger partial charge in [0.15, 0.2) is 8.07 Å². The molecule has 0 bridgehead atoms. The summed E-state index contributed by atoms with van der Waals surface area (Å²) in [4.78, 5) is 0. The lowest BCUT2D eigenvalue weighted by Crippen LogP contribution is -2.73. The highest BCUT2D eigenvalue weighted by molar-refractivity contribution is 7.23. The summed E-state index contributed by atoms with van der Waals surface area (Å²) in [5.74, 6) is 0. The molecule has 6 aromatic rings. The van der Waals surface area contributed by atoms with Gasteiger partial charge < -0.3 is 0 Å². The maximum Gasteiger partial charge on any atom is 0.181 e. The van der Waals surface area contributed by atoms with Gasteiger partial charge in [-0.3, -0.25) is 0 Å². The smallest absolute Gasteiger partial charge is 0.0623 e. The summed E-state index contributed by atoms with van der Waals surface area (Å²) in [6.45, 7) is 2.26. The van der Waals surface area contributed by atoms with Gasteiger partial charge >= 0.3 is 0 Å². The molecule has 1 heteroatoms. The number of rotatable bonds is 2. The Kier molecular flexibility index (Phi) is 4.18. The van der Waals surface area contributed by atoms with E-state index in [0.29, 0.717) is 0 Å². The van der Waals surface area contributed by atoms with Crippen molar-refractivity contribution >= 4 is 50.4 Å². The minimum atomic E-state index is -2.53. The molecule has 0 N–H and O–H groups in total. The zero-order valence-corrected chi connectivity index (χ0v) is 20.1. The van der Waals surface area contributed by atoms with Crippen molar-refractivity contribution in [3.63, 3.8) is 0 Å². The fraction of sp³-hybridized carbons (Fsp3) is 0.0303. The van der Waals surface area contributed by atoms with Crippen molar-refractivity contribution in [3.8, 4) is 11.1 Å².